The summed E-state index contributed by atoms with van der Waals surface area (Å²) in [5.74, 6) is -4.23. The molecular weight excluding hydrogens is 594 g/mol. The third-order valence-electron chi connectivity index (χ3n) is 7.25. The van der Waals surface area contributed by atoms with Crippen LogP contribution in [0.5, 0.6) is 0 Å². The Bertz CT molecular complexity index is 1540. The number of aromatic nitrogens is 1. The lowest BCUT2D eigenvalue weighted by Crippen LogP contribution is -2.58. The highest BCUT2D eigenvalue weighted by Crippen LogP contribution is 2.19. The molecule has 0 radical (unpaired) electrons. The standard InChI is InChI=1S/C31H41N9O6/c32-21(10-6-14-36-31(34)35)27(42)39-25(16-19-17-37-22-11-5-4-9-20(19)22)29(44)40-24(15-18-7-2-1-3-8-18)28(43)38-23(30(45)46)12-13-26(33)41/h1-5,7-9,11,17,21,23-25,37H,6,10,12-16,32H2,(H2,33,41)(H,38,43)(H,39,42)(H,40,44)(H,45,46)(H4,34,35,36). The van der Waals surface area contributed by atoms with E-state index in [0.29, 0.717) is 12.0 Å². The van der Waals surface area contributed by atoms with Gasteiger partial charge in [-0.3, -0.25) is 24.2 Å². The molecule has 2 aromatic carbocycles. The van der Waals surface area contributed by atoms with Gasteiger partial charge in [-0.15, -0.1) is 0 Å². The lowest BCUT2D eigenvalue weighted by molar-refractivity contribution is -0.142. The van der Waals surface area contributed by atoms with E-state index in [2.05, 4.69) is 25.9 Å². The molecule has 3 aromatic rings. The number of nitrogens with zero attached hydrogens (tertiary/aromatic N) is 1. The average molecular weight is 636 g/mol. The number of H-pyrrole nitrogens is 1. The van der Waals surface area contributed by atoms with Crippen molar-refractivity contribution >= 4 is 46.5 Å². The molecule has 15 nitrogen and oxygen atoms in total. The van der Waals surface area contributed by atoms with E-state index in [1.807, 2.05) is 24.3 Å². The molecule has 0 aliphatic carbocycles. The second-order valence-electron chi connectivity index (χ2n) is 10.8. The van der Waals surface area contributed by atoms with Crippen molar-refractivity contribution in [3.8, 4) is 0 Å². The summed E-state index contributed by atoms with van der Waals surface area (Å²) in [5.41, 5.74) is 24.2. The Kier molecular flexibility index (Phi) is 13.1. The van der Waals surface area contributed by atoms with Crippen LogP contribution in [-0.4, -0.2) is 76.4 Å². The third-order valence-corrected chi connectivity index (χ3v) is 7.25. The van der Waals surface area contributed by atoms with Gasteiger partial charge in [-0.05, 0) is 36.5 Å². The van der Waals surface area contributed by atoms with Crippen LogP contribution in [0.3, 0.4) is 0 Å². The zero-order valence-corrected chi connectivity index (χ0v) is 25.3. The number of nitrogens with two attached hydrogens (primary N) is 4. The minimum absolute atomic E-state index is 0.0125. The maximum absolute atomic E-state index is 13.9. The fraction of sp³-hybridized carbons (Fsp3) is 0.355. The number of guanidine groups is 1. The van der Waals surface area contributed by atoms with E-state index in [1.165, 1.54) is 0 Å². The molecule has 0 spiro atoms. The lowest BCUT2D eigenvalue weighted by Gasteiger charge is -2.25. The average Bonchev–Trinajstić information content (AvgIpc) is 3.43. The molecule has 15 heteroatoms. The molecule has 0 aliphatic rings. The highest BCUT2D eigenvalue weighted by atomic mass is 16.4. The second kappa shape index (κ2) is 17.2. The molecule has 0 saturated heterocycles. The number of primary amides is 1. The fourth-order valence-corrected chi connectivity index (χ4v) is 4.81. The minimum Gasteiger partial charge on any atom is -0.480 e. The molecule has 3 rings (SSSR count). The molecule has 13 N–H and O–H groups in total. The number of benzene rings is 2. The second-order valence-corrected chi connectivity index (χ2v) is 10.8. The first-order valence-electron chi connectivity index (χ1n) is 14.8. The summed E-state index contributed by atoms with van der Waals surface area (Å²) in [5, 5.41) is 18.3. The summed E-state index contributed by atoms with van der Waals surface area (Å²) < 4.78 is 0. The van der Waals surface area contributed by atoms with Crippen molar-refractivity contribution in [1.82, 2.24) is 20.9 Å². The van der Waals surface area contributed by atoms with Crippen molar-refractivity contribution in [2.45, 2.75) is 62.7 Å². The van der Waals surface area contributed by atoms with Gasteiger partial charge >= 0.3 is 5.97 Å². The van der Waals surface area contributed by atoms with Gasteiger partial charge < -0.3 is 49.0 Å². The van der Waals surface area contributed by atoms with Crippen molar-refractivity contribution < 1.29 is 29.1 Å². The molecule has 46 heavy (non-hydrogen) atoms. The van der Waals surface area contributed by atoms with E-state index in [4.69, 9.17) is 22.9 Å². The van der Waals surface area contributed by atoms with Gasteiger partial charge in [0.25, 0.3) is 0 Å². The molecule has 246 valence electrons. The van der Waals surface area contributed by atoms with Gasteiger partial charge in [0, 0.05) is 42.9 Å². The Hall–Kier alpha value is -5.44. The van der Waals surface area contributed by atoms with Crippen LogP contribution in [0.25, 0.3) is 10.9 Å². The van der Waals surface area contributed by atoms with Gasteiger partial charge in [-0.2, -0.15) is 0 Å². The van der Waals surface area contributed by atoms with Crippen LogP contribution in [-0.2, 0) is 36.8 Å². The molecule has 1 heterocycles. The Balaban J connectivity index is 1.85. The van der Waals surface area contributed by atoms with Gasteiger partial charge in [-0.25, -0.2) is 4.79 Å². The number of rotatable bonds is 18. The molecule has 0 saturated carbocycles. The molecule has 4 unspecified atom stereocenters. The maximum atomic E-state index is 13.9. The predicted octanol–water partition coefficient (Wildman–Crippen LogP) is -0.861. The van der Waals surface area contributed by atoms with Gasteiger partial charge in [0.1, 0.15) is 18.1 Å². The zero-order chi connectivity index (χ0) is 33.6. The predicted molar refractivity (Wildman–Crippen MR) is 172 cm³/mol. The maximum Gasteiger partial charge on any atom is 0.326 e. The number of hydrogen-bond acceptors (Lipinski definition) is 7. The van der Waals surface area contributed by atoms with E-state index in [1.54, 1.807) is 36.5 Å². The van der Waals surface area contributed by atoms with Crippen LogP contribution in [0, 0.1) is 0 Å². The van der Waals surface area contributed by atoms with Crippen LogP contribution >= 0.6 is 0 Å². The lowest BCUT2D eigenvalue weighted by atomic mass is 10.0. The number of hydrogen-bond donors (Lipinski definition) is 9. The molecule has 4 atom stereocenters. The Morgan fingerprint density at radius 1 is 0.783 bits per heavy atom. The fourth-order valence-electron chi connectivity index (χ4n) is 4.81. The van der Waals surface area contributed by atoms with E-state index in [9.17, 15) is 29.1 Å². The van der Waals surface area contributed by atoms with Crippen LogP contribution in [0.15, 0.2) is 65.8 Å². The van der Waals surface area contributed by atoms with E-state index in [-0.39, 0.29) is 44.6 Å². The number of aliphatic imine (C=N–C) groups is 1. The first-order valence-corrected chi connectivity index (χ1v) is 14.8. The number of amides is 4. The number of fused-ring (bicyclic) bond motifs is 1. The number of carboxylic acids is 1. The number of carbonyl (C=O) groups excluding carboxylic acids is 4. The number of carbonyl (C=O) groups is 5. The highest BCUT2D eigenvalue weighted by molar-refractivity contribution is 5.95. The van der Waals surface area contributed by atoms with Crippen molar-refractivity contribution in [2.75, 3.05) is 6.54 Å². The quantitative estimate of drug-likeness (QED) is 0.0477. The van der Waals surface area contributed by atoms with Crippen LogP contribution in [0.1, 0.15) is 36.8 Å². The Labute approximate surface area is 265 Å². The summed E-state index contributed by atoms with van der Waals surface area (Å²) in [6, 6.07) is 11.5. The van der Waals surface area contributed by atoms with Gasteiger partial charge in [0.15, 0.2) is 5.96 Å². The van der Waals surface area contributed by atoms with Gasteiger partial charge in [-0.1, -0.05) is 48.5 Å². The van der Waals surface area contributed by atoms with Crippen molar-refractivity contribution in [3.63, 3.8) is 0 Å². The molecular formula is C31H41N9O6. The van der Waals surface area contributed by atoms with Gasteiger partial charge in [0.2, 0.25) is 23.6 Å². The van der Waals surface area contributed by atoms with Gasteiger partial charge in [0.05, 0.1) is 6.04 Å². The molecule has 0 fully saturated rings. The largest absolute Gasteiger partial charge is 0.480 e. The summed E-state index contributed by atoms with van der Waals surface area (Å²) in [6.45, 7) is 0.273. The highest BCUT2D eigenvalue weighted by Gasteiger charge is 2.31. The topological polar surface area (TPSA) is 274 Å². The first-order chi connectivity index (χ1) is 21.9. The monoisotopic (exact) mass is 635 g/mol. The zero-order valence-electron chi connectivity index (χ0n) is 25.3. The molecule has 0 aliphatic heterocycles. The molecule has 0 bridgehead atoms. The number of carboxylic acid groups (broad SMARTS) is 1. The SMILES string of the molecule is NC(=O)CCC(NC(=O)C(Cc1ccccc1)NC(=O)C(Cc1c[nH]c2ccccc12)NC(=O)C(N)CCCN=C(N)N)C(=O)O. The third kappa shape index (κ3) is 10.9. The number of aromatic amines is 1. The van der Waals surface area contributed by atoms with Crippen LogP contribution < -0.4 is 38.9 Å². The smallest absolute Gasteiger partial charge is 0.326 e. The summed E-state index contributed by atoms with van der Waals surface area (Å²) in [6.07, 6.45) is 1.96. The van der Waals surface area contributed by atoms with Crippen molar-refractivity contribution in [3.05, 3.63) is 71.9 Å². The van der Waals surface area contributed by atoms with Crippen LogP contribution in [0.4, 0.5) is 0 Å². The number of para-hydroxylation sites is 1. The molecule has 1 aromatic heterocycles. The number of nitrogens with one attached hydrogen (secondary N) is 4. The van der Waals surface area contributed by atoms with Crippen LogP contribution in [0.2, 0.25) is 0 Å². The summed E-state index contributed by atoms with van der Waals surface area (Å²) >= 11 is 0. The number of aliphatic carboxylic acids is 1. The summed E-state index contributed by atoms with van der Waals surface area (Å²) in [7, 11) is 0. The Morgan fingerprint density at radius 2 is 1.39 bits per heavy atom. The normalized spacial score (nSPS) is 13.5. The minimum atomic E-state index is -1.42. The molecule has 4 amide bonds. The summed E-state index contributed by atoms with van der Waals surface area (Å²) in [4.78, 5) is 70.5. The van der Waals surface area contributed by atoms with E-state index < -0.39 is 53.8 Å². The Morgan fingerprint density at radius 3 is 2.04 bits per heavy atom. The van der Waals surface area contributed by atoms with E-state index in [0.717, 1.165) is 16.5 Å². The first kappa shape index (κ1) is 35.0. The van der Waals surface area contributed by atoms with Crippen molar-refractivity contribution in [1.29, 1.82) is 0 Å². The van der Waals surface area contributed by atoms with E-state index >= 15 is 0 Å². The van der Waals surface area contributed by atoms with Crippen molar-refractivity contribution in [2.24, 2.45) is 27.9 Å².